The molecule has 16 heavy (non-hydrogen) atoms. The minimum atomic E-state index is -1.13. The first-order chi connectivity index (χ1) is 7.66. The van der Waals surface area contributed by atoms with Gasteiger partial charge >= 0.3 is 5.97 Å². The van der Waals surface area contributed by atoms with E-state index in [0.717, 1.165) is 11.1 Å². The fourth-order valence-corrected chi connectivity index (χ4v) is 1.97. The fraction of sp³-hybridized carbons (Fsp3) is 0.0909. The maximum absolute atomic E-state index is 13.5. The molecule has 0 aliphatic rings. The molecule has 0 unspecified atom stereocenters. The number of benzene rings is 1. The fourth-order valence-electron chi connectivity index (χ4n) is 1.33. The lowest BCUT2D eigenvalue weighted by atomic mass is 10.1. The number of halogens is 1. The van der Waals surface area contributed by atoms with Gasteiger partial charge in [0.25, 0.3) is 0 Å². The maximum atomic E-state index is 13.5. The van der Waals surface area contributed by atoms with Crippen LogP contribution in [-0.2, 0) is 6.42 Å². The van der Waals surface area contributed by atoms with Crippen molar-refractivity contribution >= 4 is 17.3 Å². The topological polar surface area (TPSA) is 50.2 Å². The van der Waals surface area contributed by atoms with Crippen molar-refractivity contribution < 1.29 is 14.3 Å². The molecule has 82 valence electrons. The molecule has 0 amide bonds. The van der Waals surface area contributed by atoms with Crippen LogP contribution in [0.15, 0.2) is 29.8 Å². The maximum Gasteiger partial charge on any atom is 0.335 e. The van der Waals surface area contributed by atoms with Crippen LogP contribution in [0.5, 0.6) is 0 Å². The van der Waals surface area contributed by atoms with E-state index in [9.17, 15) is 9.18 Å². The van der Waals surface area contributed by atoms with Crippen molar-refractivity contribution in [3.63, 3.8) is 0 Å². The lowest BCUT2D eigenvalue weighted by Gasteiger charge is -2.01. The van der Waals surface area contributed by atoms with Crippen LogP contribution in [0.3, 0.4) is 0 Å². The summed E-state index contributed by atoms with van der Waals surface area (Å²) in [4.78, 5) is 14.7. The normalized spacial score (nSPS) is 10.3. The third-order valence-corrected chi connectivity index (χ3v) is 2.90. The number of carboxylic acid groups (broad SMARTS) is 1. The molecule has 0 saturated heterocycles. The minimum absolute atomic E-state index is 0.0413. The number of carbonyl (C=O) groups is 1. The molecular formula is C11H8FNO2S. The Bertz CT molecular complexity index is 511. The Morgan fingerprint density at radius 3 is 2.88 bits per heavy atom. The third-order valence-electron chi connectivity index (χ3n) is 2.13. The minimum Gasteiger partial charge on any atom is -0.478 e. The van der Waals surface area contributed by atoms with E-state index in [1.54, 1.807) is 6.20 Å². The highest BCUT2D eigenvalue weighted by molar-refractivity contribution is 7.09. The van der Waals surface area contributed by atoms with Crippen LogP contribution in [0.25, 0.3) is 0 Å². The monoisotopic (exact) mass is 237 g/mol. The molecule has 0 fully saturated rings. The van der Waals surface area contributed by atoms with Gasteiger partial charge in [-0.15, -0.1) is 11.3 Å². The molecule has 1 aromatic heterocycles. The summed E-state index contributed by atoms with van der Waals surface area (Å²) in [5.41, 5.74) is 0.417. The Hall–Kier alpha value is -1.75. The van der Waals surface area contributed by atoms with Gasteiger partial charge in [-0.25, -0.2) is 14.2 Å². The van der Waals surface area contributed by atoms with Crippen LogP contribution in [0.1, 0.15) is 20.9 Å². The Labute approximate surface area is 95.2 Å². The van der Waals surface area contributed by atoms with Crippen molar-refractivity contribution in [2.24, 2.45) is 0 Å². The smallest absolute Gasteiger partial charge is 0.335 e. The van der Waals surface area contributed by atoms with Crippen molar-refractivity contribution in [2.45, 2.75) is 6.42 Å². The van der Waals surface area contributed by atoms with E-state index in [2.05, 4.69) is 4.98 Å². The highest BCUT2D eigenvalue weighted by Crippen LogP contribution is 2.16. The van der Waals surface area contributed by atoms with Gasteiger partial charge in [-0.1, -0.05) is 6.07 Å². The van der Waals surface area contributed by atoms with Gasteiger partial charge in [0.15, 0.2) is 0 Å². The molecule has 1 N–H and O–H groups in total. The van der Waals surface area contributed by atoms with Gasteiger partial charge in [0.1, 0.15) is 5.82 Å². The van der Waals surface area contributed by atoms with Crippen molar-refractivity contribution in [1.29, 1.82) is 0 Å². The summed E-state index contributed by atoms with van der Waals surface area (Å²) in [7, 11) is 0. The summed E-state index contributed by atoms with van der Waals surface area (Å²) in [6.45, 7) is 0. The van der Waals surface area contributed by atoms with Gasteiger partial charge in [-0.2, -0.15) is 0 Å². The zero-order valence-electron chi connectivity index (χ0n) is 8.18. The Kier molecular flexibility index (Phi) is 2.96. The molecule has 0 bridgehead atoms. The van der Waals surface area contributed by atoms with E-state index in [-0.39, 0.29) is 5.56 Å². The van der Waals surface area contributed by atoms with Gasteiger partial charge in [0.2, 0.25) is 0 Å². The van der Waals surface area contributed by atoms with Gasteiger partial charge in [0.05, 0.1) is 10.6 Å². The quantitative estimate of drug-likeness (QED) is 0.892. The molecule has 0 atom stereocenters. The summed E-state index contributed by atoms with van der Waals surface area (Å²) in [5, 5.41) is 11.3. The first-order valence-corrected chi connectivity index (χ1v) is 5.45. The second-order valence-corrected chi connectivity index (χ2v) is 4.19. The van der Waals surface area contributed by atoms with Crippen LogP contribution < -0.4 is 0 Å². The SMILES string of the molecule is O=C(O)c1ccc(Cc2nccs2)c(F)c1. The largest absolute Gasteiger partial charge is 0.478 e. The Balaban J connectivity index is 2.26. The van der Waals surface area contributed by atoms with Crippen LogP contribution in [0.2, 0.25) is 0 Å². The predicted molar refractivity (Wildman–Crippen MR) is 58.3 cm³/mol. The van der Waals surface area contributed by atoms with Crippen molar-refractivity contribution in [3.8, 4) is 0 Å². The number of thiazole rings is 1. The van der Waals surface area contributed by atoms with Gasteiger partial charge in [-0.05, 0) is 17.7 Å². The highest BCUT2D eigenvalue weighted by atomic mass is 32.1. The summed E-state index contributed by atoms with van der Waals surface area (Å²) in [6.07, 6.45) is 2.05. The third kappa shape index (κ3) is 2.25. The Morgan fingerprint density at radius 2 is 2.31 bits per heavy atom. The zero-order valence-corrected chi connectivity index (χ0v) is 9.00. The van der Waals surface area contributed by atoms with Gasteiger partial charge < -0.3 is 5.11 Å². The zero-order chi connectivity index (χ0) is 11.5. The van der Waals surface area contributed by atoms with E-state index < -0.39 is 11.8 Å². The second-order valence-electron chi connectivity index (χ2n) is 3.21. The number of hydrogen-bond donors (Lipinski definition) is 1. The molecular weight excluding hydrogens is 229 g/mol. The standard InChI is InChI=1S/C11H8FNO2S/c12-9-5-8(11(14)15)2-1-7(9)6-10-13-3-4-16-10/h1-5H,6H2,(H,14,15). The van der Waals surface area contributed by atoms with E-state index in [0.29, 0.717) is 12.0 Å². The van der Waals surface area contributed by atoms with E-state index in [4.69, 9.17) is 5.11 Å². The summed E-state index contributed by atoms with van der Waals surface area (Å²) in [6, 6.07) is 3.92. The lowest BCUT2D eigenvalue weighted by molar-refractivity contribution is 0.0696. The summed E-state index contributed by atoms with van der Waals surface area (Å²) < 4.78 is 13.5. The number of aromatic nitrogens is 1. The van der Waals surface area contributed by atoms with Crippen LogP contribution in [-0.4, -0.2) is 16.1 Å². The number of hydrogen-bond acceptors (Lipinski definition) is 3. The second kappa shape index (κ2) is 4.40. The van der Waals surface area contributed by atoms with E-state index in [1.807, 2.05) is 5.38 Å². The molecule has 1 aromatic carbocycles. The van der Waals surface area contributed by atoms with Crippen molar-refractivity contribution in [2.75, 3.05) is 0 Å². The van der Waals surface area contributed by atoms with Crippen LogP contribution in [0, 0.1) is 5.82 Å². The first kappa shape index (κ1) is 10.8. The molecule has 1 heterocycles. The summed E-state index contributed by atoms with van der Waals surface area (Å²) in [5.74, 6) is -1.63. The molecule has 0 saturated carbocycles. The average molecular weight is 237 g/mol. The van der Waals surface area contributed by atoms with Crippen molar-refractivity contribution in [1.82, 2.24) is 4.98 Å². The first-order valence-electron chi connectivity index (χ1n) is 4.57. The van der Waals surface area contributed by atoms with Crippen LogP contribution in [0.4, 0.5) is 4.39 Å². The van der Waals surface area contributed by atoms with E-state index in [1.165, 1.54) is 23.5 Å². The average Bonchev–Trinajstić information content (AvgIpc) is 2.73. The predicted octanol–water partition coefficient (Wildman–Crippen LogP) is 2.57. The number of aromatic carboxylic acids is 1. The van der Waals surface area contributed by atoms with Gasteiger partial charge in [-0.3, -0.25) is 0 Å². The lowest BCUT2D eigenvalue weighted by Crippen LogP contribution is -1.99. The molecule has 2 aromatic rings. The van der Waals surface area contributed by atoms with Gasteiger partial charge in [0, 0.05) is 18.0 Å². The molecule has 0 aliphatic heterocycles. The Morgan fingerprint density at radius 1 is 1.50 bits per heavy atom. The molecule has 0 radical (unpaired) electrons. The van der Waals surface area contributed by atoms with Crippen molar-refractivity contribution in [3.05, 3.63) is 51.7 Å². The summed E-state index contributed by atoms with van der Waals surface area (Å²) >= 11 is 1.44. The highest BCUT2D eigenvalue weighted by Gasteiger charge is 2.09. The molecule has 2 rings (SSSR count). The number of nitrogens with zero attached hydrogens (tertiary/aromatic N) is 1. The van der Waals surface area contributed by atoms with E-state index >= 15 is 0 Å². The number of rotatable bonds is 3. The molecule has 3 nitrogen and oxygen atoms in total. The molecule has 0 aliphatic carbocycles. The van der Waals surface area contributed by atoms with Crippen LogP contribution >= 0.6 is 11.3 Å². The number of carboxylic acids is 1. The molecule has 5 heteroatoms. The molecule has 0 spiro atoms.